The molecule has 1 heterocycles. The molecular weight excluding hydrogens is 208 g/mol. The highest BCUT2D eigenvalue weighted by atomic mass is 15.2. The van der Waals surface area contributed by atoms with E-state index in [0.717, 1.165) is 12.6 Å². The summed E-state index contributed by atoms with van der Waals surface area (Å²) in [4.78, 5) is 2.71. The van der Waals surface area contributed by atoms with E-state index in [1.54, 1.807) is 0 Å². The summed E-state index contributed by atoms with van der Waals surface area (Å²) in [5, 5.41) is 3.65. The van der Waals surface area contributed by atoms with Gasteiger partial charge in [-0.3, -0.25) is 4.90 Å². The second-order valence-electron chi connectivity index (χ2n) is 5.35. The third kappa shape index (κ3) is 2.53. The second-order valence-corrected chi connectivity index (χ2v) is 5.35. The number of nitrogens with zero attached hydrogens (tertiary/aromatic N) is 1. The molecule has 1 N–H and O–H groups in total. The van der Waals surface area contributed by atoms with Crippen molar-refractivity contribution in [1.29, 1.82) is 0 Å². The number of hydrogen-bond acceptors (Lipinski definition) is 2. The van der Waals surface area contributed by atoms with Gasteiger partial charge >= 0.3 is 0 Å². The van der Waals surface area contributed by atoms with E-state index in [2.05, 4.69) is 40.5 Å². The minimum Gasteiger partial charge on any atom is -0.308 e. The Morgan fingerprint density at radius 1 is 1.06 bits per heavy atom. The Hall–Kier alpha value is -0.860. The maximum atomic E-state index is 3.65. The van der Waals surface area contributed by atoms with Crippen molar-refractivity contribution in [3.05, 3.63) is 35.9 Å². The number of nitrogens with one attached hydrogen (secondary N) is 1. The first-order valence-corrected chi connectivity index (χ1v) is 6.96. The SMILES string of the molecule is c1ccc(C2CN(C3CCCC3)CCN2)cc1. The van der Waals surface area contributed by atoms with E-state index in [4.69, 9.17) is 0 Å². The van der Waals surface area contributed by atoms with Crippen LogP contribution < -0.4 is 5.32 Å². The van der Waals surface area contributed by atoms with Crippen LogP contribution in [0.3, 0.4) is 0 Å². The summed E-state index contributed by atoms with van der Waals surface area (Å²) in [6, 6.07) is 12.3. The number of benzene rings is 1. The number of piperazine rings is 1. The molecule has 0 bridgehead atoms. The number of rotatable bonds is 2. The quantitative estimate of drug-likeness (QED) is 0.840. The lowest BCUT2D eigenvalue weighted by Crippen LogP contribution is -2.49. The molecule has 1 aromatic carbocycles. The zero-order valence-electron chi connectivity index (χ0n) is 10.4. The molecular formula is C15H22N2. The van der Waals surface area contributed by atoms with E-state index in [-0.39, 0.29) is 0 Å². The third-order valence-corrected chi connectivity index (χ3v) is 4.25. The molecule has 17 heavy (non-hydrogen) atoms. The summed E-state index contributed by atoms with van der Waals surface area (Å²) in [7, 11) is 0. The largest absolute Gasteiger partial charge is 0.308 e. The van der Waals surface area contributed by atoms with E-state index in [1.165, 1.54) is 44.3 Å². The van der Waals surface area contributed by atoms with Crippen LogP contribution in [0.4, 0.5) is 0 Å². The van der Waals surface area contributed by atoms with Gasteiger partial charge < -0.3 is 5.32 Å². The first kappa shape index (κ1) is 11.2. The van der Waals surface area contributed by atoms with Gasteiger partial charge in [0, 0.05) is 31.7 Å². The maximum absolute atomic E-state index is 3.65. The van der Waals surface area contributed by atoms with Gasteiger partial charge in [0.15, 0.2) is 0 Å². The van der Waals surface area contributed by atoms with Crippen LogP contribution in [-0.4, -0.2) is 30.6 Å². The van der Waals surface area contributed by atoms with Crippen LogP contribution in [0.1, 0.15) is 37.3 Å². The first-order valence-electron chi connectivity index (χ1n) is 6.96. The molecule has 1 aliphatic carbocycles. The Morgan fingerprint density at radius 3 is 2.59 bits per heavy atom. The molecule has 3 rings (SSSR count). The first-order chi connectivity index (χ1) is 8.43. The van der Waals surface area contributed by atoms with Gasteiger partial charge in [-0.1, -0.05) is 43.2 Å². The molecule has 92 valence electrons. The molecule has 0 amide bonds. The average molecular weight is 230 g/mol. The molecule has 1 unspecified atom stereocenters. The van der Waals surface area contributed by atoms with Crippen molar-refractivity contribution in [1.82, 2.24) is 10.2 Å². The van der Waals surface area contributed by atoms with Crippen molar-refractivity contribution in [2.75, 3.05) is 19.6 Å². The predicted molar refractivity (Wildman–Crippen MR) is 71.0 cm³/mol. The van der Waals surface area contributed by atoms with Gasteiger partial charge in [0.25, 0.3) is 0 Å². The van der Waals surface area contributed by atoms with Gasteiger partial charge in [0.2, 0.25) is 0 Å². The fourth-order valence-corrected chi connectivity index (χ4v) is 3.28. The van der Waals surface area contributed by atoms with E-state index >= 15 is 0 Å². The molecule has 2 fully saturated rings. The zero-order chi connectivity index (χ0) is 11.5. The highest BCUT2D eigenvalue weighted by molar-refractivity contribution is 5.19. The highest BCUT2D eigenvalue weighted by Gasteiger charge is 2.27. The summed E-state index contributed by atoms with van der Waals surface area (Å²) in [6.45, 7) is 3.55. The van der Waals surface area contributed by atoms with Gasteiger partial charge in [-0.25, -0.2) is 0 Å². The van der Waals surface area contributed by atoms with Crippen molar-refractivity contribution in [2.24, 2.45) is 0 Å². The lowest BCUT2D eigenvalue weighted by atomic mass is 10.0. The summed E-state index contributed by atoms with van der Waals surface area (Å²) >= 11 is 0. The van der Waals surface area contributed by atoms with Crippen molar-refractivity contribution in [3.63, 3.8) is 0 Å². The molecule has 1 atom stereocenters. The molecule has 1 saturated heterocycles. The van der Waals surface area contributed by atoms with E-state index in [9.17, 15) is 0 Å². The Balaban J connectivity index is 1.67. The van der Waals surface area contributed by atoms with Crippen LogP contribution in [0.2, 0.25) is 0 Å². The normalized spacial score (nSPS) is 27.4. The fraction of sp³-hybridized carbons (Fsp3) is 0.600. The smallest absolute Gasteiger partial charge is 0.0449 e. The lowest BCUT2D eigenvalue weighted by molar-refractivity contribution is 0.145. The summed E-state index contributed by atoms with van der Waals surface area (Å²) in [5.74, 6) is 0. The molecule has 0 radical (unpaired) electrons. The van der Waals surface area contributed by atoms with Crippen molar-refractivity contribution < 1.29 is 0 Å². The van der Waals surface area contributed by atoms with Crippen LogP contribution >= 0.6 is 0 Å². The highest BCUT2D eigenvalue weighted by Crippen LogP contribution is 2.26. The Bertz CT molecular complexity index is 343. The van der Waals surface area contributed by atoms with Crippen LogP contribution in [-0.2, 0) is 0 Å². The maximum Gasteiger partial charge on any atom is 0.0449 e. The standard InChI is InChI=1S/C15H22N2/c1-2-6-13(7-3-1)15-12-17(11-10-16-15)14-8-4-5-9-14/h1-3,6-7,14-16H,4-5,8-12H2. The molecule has 2 aliphatic rings. The topological polar surface area (TPSA) is 15.3 Å². The van der Waals surface area contributed by atoms with E-state index in [1.807, 2.05) is 0 Å². The van der Waals surface area contributed by atoms with Gasteiger partial charge in [0.05, 0.1) is 0 Å². The van der Waals surface area contributed by atoms with E-state index in [0.29, 0.717) is 6.04 Å². The molecule has 2 heteroatoms. The molecule has 2 nitrogen and oxygen atoms in total. The van der Waals surface area contributed by atoms with Crippen LogP contribution in [0.5, 0.6) is 0 Å². The molecule has 1 saturated carbocycles. The van der Waals surface area contributed by atoms with Gasteiger partial charge in [-0.2, -0.15) is 0 Å². The Labute approximate surface area is 104 Å². The molecule has 1 aliphatic heterocycles. The Morgan fingerprint density at radius 2 is 1.82 bits per heavy atom. The molecule has 1 aromatic rings. The van der Waals surface area contributed by atoms with Crippen molar-refractivity contribution in [2.45, 2.75) is 37.8 Å². The monoisotopic (exact) mass is 230 g/mol. The van der Waals surface area contributed by atoms with Crippen LogP contribution in [0, 0.1) is 0 Å². The third-order valence-electron chi connectivity index (χ3n) is 4.25. The van der Waals surface area contributed by atoms with Gasteiger partial charge in [-0.05, 0) is 18.4 Å². The van der Waals surface area contributed by atoms with Crippen LogP contribution in [0.15, 0.2) is 30.3 Å². The Kier molecular flexibility index (Phi) is 3.44. The van der Waals surface area contributed by atoms with Crippen LogP contribution in [0.25, 0.3) is 0 Å². The lowest BCUT2D eigenvalue weighted by Gasteiger charge is -2.37. The van der Waals surface area contributed by atoms with Gasteiger partial charge in [0.1, 0.15) is 0 Å². The summed E-state index contributed by atoms with van der Waals surface area (Å²) < 4.78 is 0. The van der Waals surface area contributed by atoms with Crippen molar-refractivity contribution in [3.8, 4) is 0 Å². The minimum atomic E-state index is 0.533. The predicted octanol–water partition coefficient (Wildman–Crippen LogP) is 2.58. The molecule has 0 spiro atoms. The second kappa shape index (κ2) is 5.19. The summed E-state index contributed by atoms with van der Waals surface area (Å²) in [6.07, 6.45) is 5.71. The fourth-order valence-electron chi connectivity index (χ4n) is 3.28. The minimum absolute atomic E-state index is 0.533. The zero-order valence-corrected chi connectivity index (χ0v) is 10.4. The number of hydrogen-bond donors (Lipinski definition) is 1. The van der Waals surface area contributed by atoms with Crippen molar-refractivity contribution >= 4 is 0 Å². The van der Waals surface area contributed by atoms with E-state index < -0.39 is 0 Å². The average Bonchev–Trinajstić information content (AvgIpc) is 2.94. The van der Waals surface area contributed by atoms with Gasteiger partial charge in [-0.15, -0.1) is 0 Å². The molecule has 0 aromatic heterocycles. The summed E-state index contributed by atoms with van der Waals surface area (Å²) in [5.41, 5.74) is 1.44.